The van der Waals surface area contributed by atoms with Gasteiger partial charge in [-0.25, -0.2) is 8.42 Å². The van der Waals surface area contributed by atoms with E-state index in [0.29, 0.717) is 5.69 Å². The van der Waals surface area contributed by atoms with E-state index in [-0.39, 0.29) is 0 Å². The van der Waals surface area contributed by atoms with Crippen LogP contribution in [0.1, 0.15) is 13.8 Å². The summed E-state index contributed by atoms with van der Waals surface area (Å²) in [6.45, 7) is 3.11. The molecule has 0 unspecified atom stereocenters. The van der Waals surface area contributed by atoms with Crippen molar-refractivity contribution in [1.29, 1.82) is 0 Å². The van der Waals surface area contributed by atoms with Gasteiger partial charge in [0.25, 0.3) is 0 Å². The quantitative estimate of drug-likeness (QED) is 0.925. The molecule has 0 radical (unpaired) electrons. The average molecular weight is 320 g/mol. The molecule has 0 aliphatic heterocycles. The van der Waals surface area contributed by atoms with Crippen LogP contribution < -0.4 is 5.32 Å². The summed E-state index contributed by atoms with van der Waals surface area (Å²) in [4.78, 5) is 11.5. The van der Waals surface area contributed by atoms with Crippen molar-refractivity contribution < 1.29 is 13.2 Å². The first-order chi connectivity index (χ1) is 7.81. The first-order valence-electron chi connectivity index (χ1n) is 5.08. The molecule has 4 nitrogen and oxygen atoms in total. The normalized spacial score (nSPS) is 11.5. The molecule has 0 aliphatic rings. The van der Waals surface area contributed by atoms with Crippen LogP contribution in [-0.4, -0.2) is 25.3 Å². The Balaban J connectivity index is 2.69. The lowest BCUT2D eigenvalue weighted by molar-refractivity contribution is -0.113. The van der Waals surface area contributed by atoms with Crippen LogP contribution in [0.2, 0.25) is 0 Å². The van der Waals surface area contributed by atoms with Crippen molar-refractivity contribution >= 4 is 37.4 Å². The monoisotopic (exact) mass is 319 g/mol. The van der Waals surface area contributed by atoms with Crippen molar-refractivity contribution in [1.82, 2.24) is 0 Å². The second-order valence-electron chi connectivity index (χ2n) is 3.91. The van der Waals surface area contributed by atoms with Crippen molar-refractivity contribution in [2.45, 2.75) is 19.1 Å². The summed E-state index contributed by atoms with van der Waals surface area (Å²) < 4.78 is 23.9. The van der Waals surface area contributed by atoms with Gasteiger partial charge in [0.2, 0.25) is 5.91 Å². The van der Waals surface area contributed by atoms with Gasteiger partial charge >= 0.3 is 0 Å². The number of halogens is 1. The molecule has 0 fully saturated rings. The van der Waals surface area contributed by atoms with Crippen LogP contribution in [0.3, 0.4) is 0 Å². The van der Waals surface area contributed by atoms with Crippen molar-refractivity contribution in [3.8, 4) is 0 Å². The molecule has 0 saturated heterocycles. The van der Waals surface area contributed by atoms with E-state index in [0.717, 1.165) is 4.47 Å². The van der Waals surface area contributed by atoms with E-state index in [4.69, 9.17) is 0 Å². The zero-order valence-corrected chi connectivity index (χ0v) is 12.0. The molecule has 1 amide bonds. The van der Waals surface area contributed by atoms with Gasteiger partial charge in [0.05, 0.1) is 5.25 Å². The van der Waals surface area contributed by atoms with E-state index < -0.39 is 26.7 Å². The third-order valence-electron chi connectivity index (χ3n) is 2.16. The fraction of sp³-hybridized carbons (Fsp3) is 0.364. The van der Waals surface area contributed by atoms with Crippen LogP contribution in [0.25, 0.3) is 0 Å². The maximum atomic E-state index is 11.5. The molecule has 1 aromatic carbocycles. The fourth-order valence-electron chi connectivity index (χ4n) is 1.11. The van der Waals surface area contributed by atoms with E-state index in [1.54, 1.807) is 32.0 Å². The fourth-order valence-corrected chi connectivity index (χ4v) is 2.28. The summed E-state index contributed by atoms with van der Waals surface area (Å²) in [6.07, 6.45) is 0. The number of nitrogens with one attached hydrogen (secondary N) is 1. The molecule has 0 saturated carbocycles. The molecule has 0 aliphatic carbocycles. The van der Waals surface area contributed by atoms with Crippen LogP contribution in [0, 0.1) is 0 Å². The Kier molecular flexibility index (Phi) is 4.70. The highest BCUT2D eigenvalue weighted by Crippen LogP contribution is 2.15. The molecular formula is C11H14BrNO3S. The standard InChI is InChI=1S/C11H14BrNO3S/c1-8(2)17(15,16)7-11(14)13-10-5-3-4-9(12)6-10/h3-6,8H,7H2,1-2H3,(H,13,14). The van der Waals surface area contributed by atoms with Gasteiger partial charge in [0.15, 0.2) is 9.84 Å². The zero-order chi connectivity index (χ0) is 13.1. The highest BCUT2D eigenvalue weighted by atomic mass is 79.9. The first-order valence-corrected chi connectivity index (χ1v) is 7.59. The van der Waals surface area contributed by atoms with Crippen molar-refractivity contribution in [3.05, 3.63) is 28.7 Å². The van der Waals surface area contributed by atoms with E-state index in [1.807, 2.05) is 6.07 Å². The van der Waals surface area contributed by atoms with Gasteiger partial charge in [-0.1, -0.05) is 22.0 Å². The number of carbonyl (C=O) groups excluding carboxylic acids is 1. The van der Waals surface area contributed by atoms with Crippen LogP contribution in [0.15, 0.2) is 28.7 Å². The van der Waals surface area contributed by atoms with Gasteiger partial charge in [0.1, 0.15) is 5.75 Å². The predicted molar refractivity (Wildman–Crippen MR) is 71.7 cm³/mol. The topological polar surface area (TPSA) is 63.2 Å². The van der Waals surface area contributed by atoms with Gasteiger partial charge in [-0.2, -0.15) is 0 Å². The number of hydrogen-bond acceptors (Lipinski definition) is 3. The third kappa shape index (κ3) is 4.47. The molecule has 1 aromatic rings. The summed E-state index contributed by atoms with van der Waals surface area (Å²) in [6, 6.07) is 6.99. The van der Waals surface area contributed by atoms with Crippen LogP contribution in [-0.2, 0) is 14.6 Å². The van der Waals surface area contributed by atoms with E-state index >= 15 is 0 Å². The van der Waals surface area contributed by atoms with Gasteiger partial charge < -0.3 is 5.32 Å². The molecular weight excluding hydrogens is 306 g/mol. The summed E-state index contributed by atoms with van der Waals surface area (Å²) in [5.74, 6) is -1.01. The second kappa shape index (κ2) is 5.64. The maximum absolute atomic E-state index is 11.5. The van der Waals surface area contributed by atoms with Crippen molar-refractivity contribution in [3.63, 3.8) is 0 Å². The predicted octanol–water partition coefficient (Wildman–Crippen LogP) is 2.21. The van der Waals surface area contributed by atoms with Crippen LogP contribution >= 0.6 is 15.9 Å². The number of rotatable bonds is 4. The van der Waals surface area contributed by atoms with Gasteiger partial charge in [-0.3, -0.25) is 4.79 Å². The lowest BCUT2D eigenvalue weighted by Gasteiger charge is -2.08. The summed E-state index contributed by atoms with van der Waals surface area (Å²) in [5, 5.41) is 2.00. The lowest BCUT2D eigenvalue weighted by Crippen LogP contribution is -2.27. The Morgan fingerprint density at radius 2 is 2.06 bits per heavy atom. The van der Waals surface area contributed by atoms with Gasteiger partial charge in [-0.05, 0) is 32.0 Å². The highest BCUT2D eigenvalue weighted by Gasteiger charge is 2.20. The smallest absolute Gasteiger partial charge is 0.239 e. The SMILES string of the molecule is CC(C)S(=O)(=O)CC(=O)Nc1cccc(Br)c1. The minimum atomic E-state index is -3.35. The summed E-state index contributed by atoms with van der Waals surface area (Å²) >= 11 is 3.27. The Morgan fingerprint density at radius 1 is 1.41 bits per heavy atom. The van der Waals surface area contributed by atoms with Crippen molar-refractivity contribution in [2.75, 3.05) is 11.1 Å². The minimum absolute atomic E-state index is 0.489. The number of carbonyl (C=O) groups is 1. The Bertz CT molecular complexity index is 511. The summed E-state index contributed by atoms with van der Waals surface area (Å²) in [7, 11) is -3.35. The van der Waals surface area contributed by atoms with Gasteiger partial charge in [0, 0.05) is 10.2 Å². The molecule has 94 valence electrons. The molecule has 0 bridgehead atoms. The summed E-state index contributed by atoms with van der Waals surface area (Å²) in [5.41, 5.74) is 0.573. The molecule has 0 spiro atoms. The van der Waals surface area contributed by atoms with Crippen LogP contribution in [0.4, 0.5) is 5.69 Å². The maximum Gasteiger partial charge on any atom is 0.239 e. The Labute approximate surface area is 109 Å². The Morgan fingerprint density at radius 3 is 2.59 bits per heavy atom. The number of anilines is 1. The van der Waals surface area contributed by atoms with E-state index in [9.17, 15) is 13.2 Å². The lowest BCUT2D eigenvalue weighted by atomic mass is 10.3. The molecule has 1 rings (SSSR count). The zero-order valence-electron chi connectivity index (χ0n) is 9.60. The Hall–Kier alpha value is -0.880. The van der Waals surface area contributed by atoms with Crippen LogP contribution in [0.5, 0.6) is 0 Å². The third-order valence-corrected chi connectivity index (χ3v) is 4.75. The second-order valence-corrected chi connectivity index (χ2v) is 7.39. The number of amides is 1. The molecule has 0 atom stereocenters. The van der Waals surface area contributed by atoms with Crippen molar-refractivity contribution in [2.24, 2.45) is 0 Å². The molecule has 0 aromatic heterocycles. The highest BCUT2D eigenvalue weighted by molar-refractivity contribution is 9.10. The van der Waals surface area contributed by atoms with E-state index in [2.05, 4.69) is 21.2 Å². The van der Waals surface area contributed by atoms with E-state index in [1.165, 1.54) is 0 Å². The average Bonchev–Trinajstić information content (AvgIpc) is 2.15. The molecule has 6 heteroatoms. The number of hydrogen-bond donors (Lipinski definition) is 1. The molecule has 17 heavy (non-hydrogen) atoms. The molecule has 0 heterocycles. The number of sulfone groups is 1. The first kappa shape index (κ1) is 14.2. The largest absolute Gasteiger partial charge is 0.325 e. The number of benzene rings is 1. The minimum Gasteiger partial charge on any atom is -0.325 e. The molecule has 1 N–H and O–H groups in total. The van der Waals surface area contributed by atoms with Gasteiger partial charge in [-0.15, -0.1) is 0 Å².